The minimum absolute atomic E-state index is 0.333. The van der Waals surface area contributed by atoms with Gasteiger partial charge in [-0.3, -0.25) is 0 Å². The SMILES string of the molecule is NC1CSCC1c1cccc(Br)c1. The van der Waals surface area contributed by atoms with Crippen molar-refractivity contribution >= 4 is 27.7 Å². The normalized spacial score (nSPS) is 27.8. The van der Waals surface area contributed by atoms with Gasteiger partial charge in [0.1, 0.15) is 0 Å². The molecule has 0 spiro atoms. The van der Waals surface area contributed by atoms with Gasteiger partial charge in [0.15, 0.2) is 0 Å². The van der Waals surface area contributed by atoms with E-state index in [0.717, 1.165) is 16.0 Å². The monoisotopic (exact) mass is 257 g/mol. The lowest BCUT2D eigenvalue weighted by Gasteiger charge is -2.14. The molecule has 1 aliphatic heterocycles. The lowest BCUT2D eigenvalue weighted by atomic mass is 9.95. The first-order valence-electron chi connectivity index (χ1n) is 4.36. The topological polar surface area (TPSA) is 26.0 Å². The molecule has 0 aromatic heterocycles. The summed E-state index contributed by atoms with van der Waals surface area (Å²) < 4.78 is 1.15. The molecule has 0 radical (unpaired) electrons. The van der Waals surface area contributed by atoms with E-state index < -0.39 is 0 Å². The van der Waals surface area contributed by atoms with Crippen LogP contribution in [0.1, 0.15) is 11.5 Å². The minimum Gasteiger partial charge on any atom is -0.326 e. The van der Waals surface area contributed by atoms with Crippen LogP contribution in [0.15, 0.2) is 28.7 Å². The van der Waals surface area contributed by atoms with E-state index in [-0.39, 0.29) is 0 Å². The third-order valence-corrected chi connectivity index (χ3v) is 4.11. The van der Waals surface area contributed by atoms with Crippen LogP contribution in [-0.2, 0) is 0 Å². The van der Waals surface area contributed by atoms with Crippen molar-refractivity contribution in [2.75, 3.05) is 11.5 Å². The molecule has 13 heavy (non-hydrogen) atoms. The van der Waals surface area contributed by atoms with Crippen LogP contribution >= 0.6 is 27.7 Å². The van der Waals surface area contributed by atoms with Gasteiger partial charge >= 0.3 is 0 Å². The summed E-state index contributed by atoms with van der Waals surface area (Å²) in [5, 5.41) is 0. The highest BCUT2D eigenvalue weighted by Crippen LogP contribution is 2.32. The smallest absolute Gasteiger partial charge is 0.0207 e. The third-order valence-electron chi connectivity index (χ3n) is 2.40. The van der Waals surface area contributed by atoms with E-state index in [4.69, 9.17) is 5.73 Å². The van der Waals surface area contributed by atoms with Crippen molar-refractivity contribution in [2.24, 2.45) is 5.73 Å². The third kappa shape index (κ3) is 2.09. The number of halogens is 1. The summed E-state index contributed by atoms with van der Waals surface area (Å²) in [6.45, 7) is 0. The fourth-order valence-corrected chi connectivity index (χ4v) is 3.40. The summed E-state index contributed by atoms with van der Waals surface area (Å²) in [7, 11) is 0. The Morgan fingerprint density at radius 1 is 1.38 bits per heavy atom. The molecule has 1 nitrogen and oxygen atoms in total. The summed E-state index contributed by atoms with van der Waals surface area (Å²) in [6, 6.07) is 8.81. The van der Waals surface area contributed by atoms with Gasteiger partial charge in [0.2, 0.25) is 0 Å². The Bertz CT molecular complexity index is 303. The van der Waals surface area contributed by atoms with Crippen molar-refractivity contribution in [2.45, 2.75) is 12.0 Å². The molecule has 70 valence electrons. The van der Waals surface area contributed by atoms with Gasteiger partial charge in [0.25, 0.3) is 0 Å². The number of hydrogen-bond acceptors (Lipinski definition) is 2. The van der Waals surface area contributed by atoms with E-state index in [9.17, 15) is 0 Å². The van der Waals surface area contributed by atoms with E-state index in [0.29, 0.717) is 12.0 Å². The zero-order chi connectivity index (χ0) is 9.26. The molecule has 3 heteroatoms. The van der Waals surface area contributed by atoms with E-state index in [1.165, 1.54) is 5.56 Å². The fourth-order valence-electron chi connectivity index (χ4n) is 1.65. The van der Waals surface area contributed by atoms with Crippen molar-refractivity contribution in [3.05, 3.63) is 34.3 Å². The average molecular weight is 258 g/mol. The first-order valence-corrected chi connectivity index (χ1v) is 6.31. The summed E-state index contributed by atoms with van der Waals surface area (Å²) in [6.07, 6.45) is 0. The zero-order valence-corrected chi connectivity index (χ0v) is 9.64. The van der Waals surface area contributed by atoms with Crippen molar-refractivity contribution < 1.29 is 0 Å². The molecule has 2 atom stereocenters. The Morgan fingerprint density at radius 3 is 2.85 bits per heavy atom. The summed E-state index contributed by atoms with van der Waals surface area (Å²) in [5.41, 5.74) is 7.39. The highest BCUT2D eigenvalue weighted by Gasteiger charge is 2.25. The molecule has 0 aliphatic carbocycles. The van der Waals surface area contributed by atoms with Crippen LogP contribution in [-0.4, -0.2) is 17.5 Å². The predicted molar refractivity (Wildman–Crippen MR) is 62.2 cm³/mol. The molecule has 0 bridgehead atoms. The van der Waals surface area contributed by atoms with E-state index in [1.54, 1.807) is 0 Å². The van der Waals surface area contributed by atoms with Gasteiger partial charge in [-0.2, -0.15) is 11.8 Å². The van der Waals surface area contributed by atoms with Crippen LogP contribution in [0.3, 0.4) is 0 Å². The number of thioether (sulfide) groups is 1. The molecule has 1 saturated heterocycles. The molecule has 1 aromatic carbocycles. The number of benzene rings is 1. The standard InChI is InChI=1S/C10H12BrNS/c11-8-3-1-2-7(4-8)9-5-13-6-10(9)12/h1-4,9-10H,5-6,12H2. The molecule has 0 saturated carbocycles. The predicted octanol–water partition coefficient (Wildman–Crippen LogP) is 2.61. The maximum Gasteiger partial charge on any atom is 0.0207 e. The zero-order valence-electron chi connectivity index (χ0n) is 7.24. The highest BCUT2D eigenvalue weighted by molar-refractivity contribution is 9.10. The fraction of sp³-hybridized carbons (Fsp3) is 0.400. The molecule has 1 fully saturated rings. The number of hydrogen-bond donors (Lipinski definition) is 1. The average Bonchev–Trinajstić information content (AvgIpc) is 2.51. The van der Waals surface area contributed by atoms with Gasteiger partial charge in [0.05, 0.1) is 0 Å². The molecule has 2 unspecified atom stereocenters. The first-order chi connectivity index (χ1) is 6.27. The molecular formula is C10H12BrNS. The maximum atomic E-state index is 6.02. The second-order valence-corrected chi connectivity index (χ2v) is 5.35. The van der Waals surface area contributed by atoms with E-state index in [2.05, 4.69) is 40.2 Å². The molecular weight excluding hydrogens is 246 g/mol. The van der Waals surface area contributed by atoms with Gasteiger partial charge in [-0.15, -0.1) is 0 Å². The molecule has 2 rings (SSSR count). The number of nitrogens with two attached hydrogens (primary N) is 1. The second-order valence-electron chi connectivity index (χ2n) is 3.36. The van der Waals surface area contributed by atoms with Crippen LogP contribution in [0.4, 0.5) is 0 Å². The molecule has 1 aliphatic rings. The van der Waals surface area contributed by atoms with E-state index >= 15 is 0 Å². The van der Waals surface area contributed by atoms with Crippen molar-refractivity contribution in [3.8, 4) is 0 Å². The van der Waals surface area contributed by atoms with Gasteiger partial charge in [-0.25, -0.2) is 0 Å². The lowest BCUT2D eigenvalue weighted by molar-refractivity contribution is 0.653. The Morgan fingerprint density at radius 2 is 2.23 bits per heavy atom. The first kappa shape index (κ1) is 9.56. The molecule has 0 amide bonds. The van der Waals surface area contributed by atoms with Crippen molar-refractivity contribution in [1.29, 1.82) is 0 Å². The minimum atomic E-state index is 0.333. The van der Waals surface area contributed by atoms with Crippen molar-refractivity contribution in [1.82, 2.24) is 0 Å². The Hall–Kier alpha value is 0.01000. The Labute approximate surface area is 91.2 Å². The van der Waals surface area contributed by atoms with Gasteiger partial charge in [-0.1, -0.05) is 28.1 Å². The Kier molecular flexibility index (Phi) is 2.96. The number of rotatable bonds is 1. The van der Waals surface area contributed by atoms with Crippen LogP contribution in [0.25, 0.3) is 0 Å². The summed E-state index contributed by atoms with van der Waals surface area (Å²) >= 11 is 5.43. The van der Waals surface area contributed by atoms with Crippen LogP contribution in [0, 0.1) is 0 Å². The quantitative estimate of drug-likeness (QED) is 0.838. The lowest BCUT2D eigenvalue weighted by Crippen LogP contribution is -2.26. The van der Waals surface area contributed by atoms with Crippen LogP contribution in [0.2, 0.25) is 0 Å². The second kappa shape index (κ2) is 4.03. The summed E-state index contributed by atoms with van der Waals surface area (Å²) in [4.78, 5) is 0. The van der Waals surface area contributed by atoms with Crippen molar-refractivity contribution in [3.63, 3.8) is 0 Å². The largest absolute Gasteiger partial charge is 0.326 e. The van der Waals surface area contributed by atoms with Gasteiger partial charge in [0, 0.05) is 27.9 Å². The molecule has 1 heterocycles. The highest BCUT2D eigenvalue weighted by atomic mass is 79.9. The molecule has 1 aromatic rings. The van der Waals surface area contributed by atoms with Gasteiger partial charge < -0.3 is 5.73 Å². The van der Waals surface area contributed by atoms with Crippen LogP contribution in [0.5, 0.6) is 0 Å². The maximum absolute atomic E-state index is 6.02. The van der Waals surface area contributed by atoms with E-state index in [1.807, 2.05) is 11.8 Å². The van der Waals surface area contributed by atoms with Gasteiger partial charge in [-0.05, 0) is 17.7 Å². The Balaban J connectivity index is 2.24. The van der Waals surface area contributed by atoms with Crippen LogP contribution < -0.4 is 5.73 Å². The summed E-state index contributed by atoms with van der Waals surface area (Å²) in [5.74, 6) is 2.80. The molecule has 2 N–H and O–H groups in total.